The van der Waals surface area contributed by atoms with Crippen molar-refractivity contribution in [2.24, 2.45) is 0 Å². The van der Waals surface area contributed by atoms with E-state index in [9.17, 15) is 9.59 Å². The second-order valence-electron chi connectivity index (χ2n) is 5.15. The lowest BCUT2D eigenvalue weighted by Gasteiger charge is -2.05. The van der Waals surface area contributed by atoms with Crippen molar-refractivity contribution >= 4 is 22.9 Å². The highest BCUT2D eigenvalue weighted by molar-refractivity contribution is 7.10. The number of ether oxygens (including phenoxy) is 1. The third-order valence-corrected chi connectivity index (χ3v) is 4.55. The second-order valence-corrected chi connectivity index (χ2v) is 6.15. The SMILES string of the molecule is COc1ccc(Cc2ccsc2CC(=O)C(=O)c2nc[nH]n2)cc1. The predicted molar refractivity (Wildman–Crippen MR) is 89.5 cm³/mol. The van der Waals surface area contributed by atoms with Crippen LogP contribution >= 0.6 is 11.3 Å². The number of carbonyl (C=O) groups is 2. The molecule has 3 aromatic rings. The third kappa shape index (κ3) is 3.57. The van der Waals surface area contributed by atoms with Gasteiger partial charge < -0.3 is 4.74 Å². The van der Waals surface area contributed by atoms with Gasteiger partial charge in [0.15, 0.2) is 0 Å². The van der Waals surface area contributed by atoms with E-state index in [1.807, 2.05) is 35.7 Å². The monoisotopic (exact) mass is 341 g/mol. The zero-order valence-corrected chi connectivity index (χ0v) is 13.8. The number of aromatic nitrogens is 3. The maximum absolute atomic E-state index is 12.1. The fraction of sp³-hybridized carbons (Fsp3) is 0.176. The van der Waals surface area contributed by atoms with Crippen LogP contribution in [0.15, 0.2) is 42.0 Å². The van der Waals surface area contributed by atoms with E-state index >= 15 is 0 Å². The first-order valence-electron chi connectivity index (χ1n) is 7.29. The fourth-order valence-corrected chi connectivity index (χ4v) is 3.21. The average Bonchev–Trinajstić information content (AvgIpc) is 3.27. The van der Waals surface area contributed by atoms with E-state index in [0.29, 0.717) is 6.42 Å². The molecule has 3 rings (SSSR count). The highest BCUT2D eigenvalue weighted by atomic mass is 32.1. The van der Waals surface area contributed by atoms with Crippen molar-refractivity contribution in [2.75, 3.05) is 7.11 Å². The van der Waals surface area contributed by atoms with Gasteiger partial charge in [-0.3, -0.25) is 14.7 Å². The molecule has 1 aromatic carbocycles. The van der Waals surface area contributed by atoms with Crippen LogP contribution in [-0.2, 0) is 17.6 Å². The van der Waals surface area contributed by atoms with Gasteiger partial charge in [-0.05, 0) is 41.1 Å². The molecule has 0 aliphatic heterocycles. The lowest BCUT2D eigenvalue weighted by Crippen LogP contribution is -2.18. The van der Waals surface area contributed by atoms with Crippen molar-refractivity contribution in [1.82, 2.24) is 15.2 Å². The van der Waals surface area contributed by atoms with Crippen molar-refractivity contribution in [3.63, 3.8) is 0 Å². The first kappa shape index (κ1) is 16.1. The molecule has 2 heterocycles. The standard InChI is InChI=1S/C17H15N3O3S/c1-23-13-4-2-11(3-5-13)8-12-6-7-24-15(12)9-14(21)16(22)17-18-10-19-20-17/h2-7,10H,8-9H2,1H3,(H,18,19,20). The molecule has 1 N–H and O–H groups in total. The summed E-state index contributed by atoms with van der Waals surface area (Å²) in [5, 5.41) is 8.02. The number of hydrogen-bond acceptors (Lipinski definition) is 6. The number of hydrogen-bond donors (Lipinski definition) is 1. The summed E-state index contributed by atoms with van der Waals surface area (Å²) in [6.07, 6.45) is 2.04. The minimum atomic E-state index is -0.667. The molecule has 7 heteroatoms. The number of thiophene rings is 1. The summed E-state index contributed by atoms with van der Waals surface area (Å²) < 4.78 is 5.15. The van der Waals surface area contributed by atoms with Gasteiger partial charge in [0, 0.05) is 11.3 Å². The molecule has 24 heavy (non-hydrogen) atoms. The summed E-state index contributed by atoms with van der Waals surface area (Å²) in [4.78, 5) is 28.7. The van der Waals surface area contributed by atoms with E-state index in [4.69, 9.17) is 4.74 Å². The lowest BCUT2D eigenvalue weighted by molar-refractivity contribution is -0.114. The van der Waals surface area contributed by atoms with Gasteiger partial charge in [-0.2, -0.15) is 0 Å². The van der Waals surface area contributed by atoms with E-state index in [2.05, 4.69) is 15.2 Å². The first-order chi connectivity index (χ1) is 11.7. The van der Waals surface area contributed by atoms with E-state index in [0.717, 1.165) is 21.8 Å². The van der Waals surface area contributed by atoms with E-state index < -0.39 is 11.6 Å². The van der Waals surface area contributed by atoms with Crippen LogP contribution in [0.4, 0.5) is 0 Å². The smallest absolute Gasteiger partial charge is 0.267 e. The van der Waals surface area contributed by atoms with Crippen LogP contribution in [0.1, 0.15) is 26.6 Å². The topological polar surface area (TPSA) is 84.9 Å². The van der Waals surface area contributed by atoms with E-state index in [-0.39, 0.29) is 12.2 Å². The Labute approximate surface area is 142 Å². The maximum Gasteiger partial charge on any atom is 0.267 e. The predicted octanol–water partition coefficient (Wildman–Crippen LogP) is 2.46. The zero-order valence-electron chi connectivity index (χ0n) is 13.0. The fourth-order valence-electron chi connectivity index (χ4n) is 2.31. The van der Waals surface area contributed by atoms with Crippen LogP contribution in [0.25, 0.3) is 0 Å². The number of Topliss-reactive ketones (excluding diaryl/α,β-unsaturated/α-hetero) is 2. The Bertz CT molecular complexity index is 838. The number of aromatic amines is 1. The first-order valence-corrected chi connectivity index (χ1v) is 8.17. The van der Waals surface area contributed by atoms with Gasteiger partial charge >= 0.3 is 0 Å². The van der Waals surface area contributed by atoms with Gasteiger partial charge in [0.05, 0.1) is 7.11 Å². The zero-order chi connectivity index (χ0) is 16.9. The number of nitrogens with zero attached hydrogens (tertiary/aromatic N) is 2. The lowest BCUT2D eigenvalue weighted by atomic mass is 10.0. The second kappa shape index (κ2) is 7.18. The van der Waals surface area contributed by atoms with E-state index in [1.165, 1.54) is 17.7 Å². The molecule has 0 fully saturated rings. The summed E-state index contributed by atoms with van der Waals surface area (Å²) in [6, 6.07) is 9.76. The van der Waals surface area contributed by atoms with Gasteiger partial charge in [-0.15, -0.1) is 16.4 Å². The Morgan fingerprint density at radius 3 is 2.67 bits per heavy atom. The summed E-state index contributed by atoms with van der Waals surface area (Å²) >= 11 is 1.47. The van der Waals surface area contributed by atoms with Gasteiger partial charge in [0.2, 0.25) is 11.6 Å². The van der Waals surface area contributed by atoms with Crippen molar-refractivity contribution in [1.29, 1.82) is 0 Å². The summed E-state index contributed by atoms with van der Waals surface area (Å²) in [5.41, 5.74) is 2.16. The molecule has 0 aliphatic rings. The van der Waals surface area contributed by atoms with Crippen LogP contribution in [-0.4, -0.2) is 33.9 Å². The molecule has 0 aliphatic carbocycles. The molecule has 6 nitrogen and oxygen atoms in total. The van der Waals surface area contributed by atoms with Gasteiger partial charge in [0.25, 0.3) is 5.78 Å². The molecular formula is C17H15N3O3S. The normalized spacial score (nSPS) is 10.5. The number of ketones is 2. The van der Waals surface area contributed by atoms with Crippen LogP contribution in [0.2, 0.25) is 0 Å². The molecule has 0 spiro atoms. The number of carbonyl (C=O) groups excluding carboxylic acids is 2. The Morgan fingerprint density at radius 2 is 2.00 bits per heavy atom. The molecule has 0 saturated heterocycles. The summed E-state index contributed by atoms with van der Waals surface area (Å²) in [5.74, 6) is -0.460. The number of nitrogens with one attached hydrogen (secondary N) is 1. The molecule has 0 bridgehead atoms. The molecule has 122 valence electrons. The van der Waals surface area contributed by atoms with Crippen molar-refractivity contribution < 1.29 is 14.3 Å². The number of H-pyrrole nitrogens is 1. The quantitative estimate of drug-likeness (QED) is 0.527. The van der Waals surface area contributed by atoms with Gasteiger partial charge in [-0.25, -0.2) is 4.98 Å². The van der Waals surface area contributed by atoms with Crippen LogP contribution in [0, 0.1) is 0 Å². The molecule has 0 unspecified atom stereocenters. The Morgan fingerprint density at radius 1 is 1.21 bits per heavy atom. The Balaban J connectivity index is 1.70. The molecule has 0 radical (unpaired) electrons. The van der Waals surface area contributed by atoms with E-state index in [1.54, 1.807) is 7.11 Å². The van der Waals surface area contributed by atoms with Crippen LogP contribution in [0.3, 0.4) is 0 Å². The average molecular weight is 341 g/mol. The maximum atomic E-state index is 12.1. The number of benzene rings is 1. The van der Waals surface area contributed by atoms with Gasteiger partial charge in [-0.1, -0.05) is 12.1 Å². The minimum Gasteiger partial charge on any atom is -0.497 e. The largest absolute Gasteiger partial charge is 0.497 e. The Kier molecular flexibility index (Phi) is 4.81. The summed E-state index contributed by atoms with van der Waals surface area (Å²) in [7, 11) is 1.63. The molecule has 0 atom stereocenters. The number of rotatable bonds is 7. The molecule has 0 saturated carbocycles. The molecular weight excluding hydrogens is 326 g/mol. The minimum absolute atomic E-state index is 0.0660. The highest BCUT2D eigenvalue weighted by Crippen LogP contribution is 2.22. The number of methoxy groups -OCH3 is 1. The molecule has 2 aromatic heterocycles. The van der Waals surface area contributed by atoms with Crippen molar-refractivity contribution in [2.45, 2.75) is 12.8 Å². The summed E-state index contributed by atoms with van der Waals surface area (Å²) in [6.45, 7) is 0. The third-order valence-electron chi connectivity index (χ3n) is 3.58. The highest BCUT2D eigenvalue weighted by Gasteiger charge is 2.21. The van der Waals surface area contributed by atoms with Crippen LogP contribution in [0.5, 0.6) is 5.75 Å². The van der Waals surface area contributed by atoms with Gasteiger partial charge in [0.1, 0.15) is 12.1 Å². The Hall–Kier alpha value is -2.80. The van der Waals surface area contributed by atoms with Crippen LogP contribution < -0.4 is 4.74 Å². The van der Waals surface area contributed by atoms with Crippen molar-refractivity contribution in [3.8, 4) is 5.75 Å². The van der Waals surface area contributed by atoms with Crippen molar-refractivity contribution in [3.05, 3.63) is 63.9 Å². The molecule has 0 amide bonds.